The number of carbonyl (C=O) groups excluding carboxylic acids is 2. The van der Waals surface area contributed by atoms with Gasteiger partial charge in [0, 0.05) is 30.1 Å². The minimum Gasteiger partial charge on any atom is -0.492 e. The molecule has 8 nitrogen and oxygen atoms in total. The molecule has 0 unspecified atom stereocenters. The first-order valence-electron chi connectivity index (χ1n) is 9.90. The van der Waals surface area contributed by atoms with Crippen LogP contribution in [0.2, 0.25) is 0 Å². The first kappa shape index (κ1) is 21.8. The Kier molecular flexibility index (Phi) is 7.16. The maximum absolute atomic E-state index is 12.7. The van der Waals surface area contributed by atoms with Crippen molar-refractivity contribution in [3.63, 3.8) is 0 Å². The molecule has 160 valence electrons. The number of ether oxygens (including phenoxy) is 2. The summed E-state index contributed by atoms with van der Waals surface area (Å²) in [5.74, 6) is 0.0796. The average Bonchev–Trinajstić information content (AvgIpc) is 2.77. The van der Waals surface area contributed by atoms with Crippen LogP contribution in [-0.4, -0.2) is 35.0 Å². The molecule has 2 amide bonds. The molecule has 2 N–H and O–H groups in total. The summed E-state index contributed by atoms with van der Waals surface area (Å²) in [4.78, 5) is 33.2. The summed E-state index contributed by atoms with van der Waals surface area (Å²) < 4.78 is 11.4. The Bertz CT molecular complexity index is 1050. The Morgan fingerprint density at radius 2 is 1.45 bits per heavy atom. The van der Waals surface area contributed by atoms with E-state index in [0.29, 0.717) is 41.7 Å². The summed E-state index contributed by atoms with van der Waals surface area (Å²) in [7, 11) is 0. The van der Waals surface area contributed by atoms with E-state index in [1.54, 1.807) is 24.3 Å². The molecule has 3 rings (SSSR count). The molecular weight excluding hydrogens is 396 g/mol. The highest BCUT2D eigenvalue weighted by Gasteiger charge is 2.18. The van der Waals surface area contributed by atoms with Gasteiger partial charge in [-0.1, -0.05) is 17.7 Å². The number of rotatable bonds is 8. The van der Waals surface area contributed by atoms with Gasteiger partial charge in [0.05, 0.1) is 30.8 Å². The number of carbonyl (C=O) groups is 2. The molecule has 0 fully saturated rings. The van der Waals surface area contributed by atoms with Crippen LogP contribution in [0, 0.1) is 6.92 Å². The molecule has 0 saturated heterocycles. The molecule has 2 aromatic carbocycles. The van der Waals surface area contributed by atoms with E-state index in [4.69, 9.17) is 9.47 Å². The van der Waals surface area contributed by atoms with Gasteiger partial charge in [0.1, 0.15) is 17.2 Å². The number of aryl methyl sites for hydroxylation is 1. The monoisotopic (exact) mass is 420 g/mol. The van der Waals surface area contributed by atoms with E-state index in [1.807, 2.05) is 32.9 Å². The third kappa shape index (κ3) is 5.57. The van der Waals surface area contributed by atoms with E-state index in [2.05, 4.69) is 20.6 Å². The van der Waals surface area contributed by atoms with Crippen LogP contribution in [0.15, 0.2) is 55.0 Å². The van der Waals surface area contributed by atoms with Gasteiger partial charge in [-0.25, -0.2) is 4.98 Å². The highest BCUT2D eigenvalue weighted by atomic mass is 16.5. The summed E-state index contributed by atoms with van der Waals surface area (Å²) in [6.45, 7) is 6.36. The number of nitrogens with one attached hydrogen (secondary N) is 2. The molecule has 1 heterocycles. The fraction of sp³-hybridized carbons (Fsp3) is 0.217. The smallest absolute Gasteiger partial charge is 0.275 e. The first-order valence-corrected chi connectivity index (χ1v) is 9.90. The Morgan fingerprint density at radius 1 is 0.871 bits per heavy atom. The first-order chi connectivity index (χ1) is 15.0. The van der Waals surface area contributed by atoms with Crippen LogP contribution >= 0.6 is 0 Å². The largest absolute Gasteiger partial charge is 0.492 e. The average molecular weight is 420 g/mol. The minimum absolute atomic E-state index is 0.166. The Morgan fingerprint density at radius 3 is 1.97 bits per heavy atom. The van der Waals surface area contributed by atoms with Crippen LogP contribution < -0.4 is 20.1 Å². The van der Waals surface area contributed by atoms with E-state index in [-0.39, 0.29) is 11.6 Å². The lowest BCUT2D eigenvalue weighted by Crippen LogP contribution is -2.16. The van der Waals surface area contributed by atoms with Gasteiger partial charge in [-0.3, -0.25) is 14.6 Å². The van der Waals surface area contributed by atoms with Gasteiger partial charge in [-0.2, -0.15) is 0 Å². The lowest BCUT2D eigenvalue weighted by molar-refractivity contribution is 0.101. The van der Waals surface area contributed by atoms with Crippen LogP contribution in [0.4, 0.5) is 11.4 Å². The van der Waals surface area contributed by atoms with Gasteiger partial charge in [-0.15, -0.1) is 0 Å². The maximum atomic E-state index is 12.7. The number of amides is 2. The standard InChI is InChI=1S/C23H24N4O4/c1-4-30-20-13-18(27-23(29)19-14-24-10-11-25-19)21(31-5-2)12-17(20)26-22(28)16-8-6-15(3)7-9-16/h6-14H,4-5H2,1-3H3,(H,26,28)(H,27,29). The second kappa shape index (κ2) is 10.2. The molecule has 8 heteroatoms. The molecule has 0 saturated carbocycles. The van der Waals surface area contributed by atoms with Gasteiger partial charge in [0.2, 0.25) is 0 Å². The Balaban J connectivity index is 1.92. The molecule has 31 heavy (non-hydrogen) atoms. The van der Waals surface area contributed by atoms with Crippen molar-refractivity contribution in [2.45, 2.75) is 20.8 Å². The molecule has 0 aliphatic rings. The molecule has 1 aromatic heterocycles. The zero-order valence-corrected chi connectivity index (χ0v) is 17.6. The van der Waals surface area contributed by atoms with Crippen molar-refractivity contribution in [1.29, 1.82) is 0 Å². The van der Waals surface area contributed by atoms with E-state index in [0.717, 1.165) is 5.56 Å². The number of benzene rings is 2. The predicted octanol–water partition coefficient (Wildman–Crippen LogP) is 4.09. The van der Waals surface area contributed by atoms with Crippen LogP contribution in [-0.2, 0) is 0 Å². The highest BCUT2D eigenvalue weighted by Crippen LogP contribution is 2.37. The Labute approximate surface area is 180 Å². The highest BCUT2D eigenvalue weighted by molar-refractivity contribution is 6.06. The van der Waals surface area contributed by atoms with Crippen LogP contribution in [0.5, 0.6) is 11.5 Å². The van der Waals surface area contributed by atoms with Gasteiger partial charge < -0.3 is 20.1 Å². The normalized spacial score (nSPS) is 10.3. The number of hydrogen-bond acceptors (Lipinski definition) is 6. The number of anilines is 2. The summed E-state index contributed by atoms with van der Waals surface area (Å²) in [6, 6.07) is 10.5. The van der Waals surface area contributed by atoms with Crippen molar-refractivity contribution in [3.05, 3.63) is 71.8 Å². The van der Waals surface area contributed by atoms with Gasteiger partial charge in [0.25, 0.3) is 11.8 Å². The van der Waals surface area contributed by atoms with Crippen LogP contribution in [0.1, 0.15) is 40.3 Å². The third-order valence-electron chi connectivity index (χ3n) is 4.29. The van der Waals surface area contributed by atoms with Crippen molar-refractivity contribution in [3.8, 4) is 11.5 Å². The van der Waals surface area contributed by atoms with Gasteiger partial charge >= 0.3 is 0 Å². The van der Waals surface area contributed by atoms with Crippen molar-refractivity contribution >= 4 is 23.2 Å². The molecule has 0 bridgehead atoms. The predicted molar refractivity (Wildman–Crippen MR) is 118 cm³/mol. The van der Waals surface area contributed by atoms with Gasteiger partial charge in [0.15, 0.2) is 0 Å². The molecule has 0 aliphatic heterocycles. The van der Waals surface area contributed by atoms with E-state index < -0.39 is 5.91 Å². The third-order valence-corrected chi connectivity index (χ3v) is 4.29. The maximum Gasteiger partial charge on any atom is 0.275 e. The molecule has 3 aromatic rings. The lowest BCUT2D eigenvalue weighted by Gasteiger charge is -2.17. The zero-order valence-electron chi connectivity index (χ0n) is 17.6. The van der Waals surface area contributed by atoms with E-state index in [1.165, 1.54) is 18.6 Å². The lowest BCUT2D eigenvalue weighted by atomic mass is 10.1. The number of hydrogen-bond donors (Lipinski definition) is 2. The number of nitrogens with zero attached hydrogens (tertiary/aromatic N) is 2. The quantitative estimate of drug-likeness (QED) is 0.569. The Hall–Kier alpha value is -3.94. The molecule has 0 spiro atoms. The zero-order chi connectivity index (χ0) is 22.2. The fourth-order valence-corrected chi connectivity index (χ4v) is 2.81. The van der Waals surface area contributed by atoms with Crippen LogP contribution in [0.25, 0.3) is 0 Å². The minimum atomic E-state index is -0.437. The van der Waals surface area contributed by atoms with Gasteiger partial charge in [-0.05, 0) is 32.9 Å². The second-order valence-electron chi connectivity index (χ2n) is 6.58. The molecular formula is C23H24N4O4. The number of aromatic nitrogens is 2. The van der Waals surface area contributed by atoms with Crippen molar-refractivity contribution < 1.29 is 19.1 Å². The topological polar surface area (TPSA) is 102 Å². The van der Waals surface area contributed by atoms with Crippen molar-refractivity contribution in [2.24, 2.45) is 0 Å². The summed E-state index contributed by atoms with van der Waals surface area (Å²) in [5, 5.41) is 5.63. The van der Waals surface area contributed by atoms with Crippen molar-refractivity contribution in [1.82, 2.24) is 9.97 Å². The summed E-state index contributed by atoms with van der Waals surface area (Å²) in [5.41, 5.74) is 2.58. The molecule has 0 atom stereocenters. The summed E-state index contributed by atoms with van der Waals surface area (Å²) in [6.07, 6.45) is 4.30. The fourth-order valence-electron chi connectivity index (χ4n) is 2.81. The van der Waals surface area contributed by atoms with E-state index in [9.17, 15) is 9.59 Å². The SMILES string of the molecule is CCOc1cc(NC(=O)c2cnccn2)c(OCC)cc1NC(=O)c1ccc(C)cc1. The van der Waals surface area contributed by atoms with Crippen molar-refractivity contribution in [2.75, 3.05) is 23.8 Å². The molecule has 0 radical (unpaired) electrons. The van der Waals surface area contributed by atoms with Crippen LogP contribution in [0.3, 0.4) is 0 Å². The summed E-state index contributed by atoms with van der Waals surface area (Å²) >= 11 is 0. The second-order valence-corrected chi connectivity index (χ2v) is 6.58. The van der Waals surface area contributed by atoms with E-state index >= 15 is 0 Å². The molecule has 0 aliphatic carbocycles.